The first kappa shape index (κ1) is 24.8. The molecule has 3 heterocycles. The van der Waals surface area contributed by atoms with Gasteiger partial charge in [0.25, 0.3) is 0 Å². The minimum atomic E-state index is -0.553. The molecule has 3 saturated heterocycles. The first-order valence-electron chi connectivity index (χ1n) is 12.9. The number of carbonyl (C=O) groups is 2. The van der Waals surface area contributed by atoms with Crippen LogP contribution in [0.4, 0.5) is 4.79 Å². The smallest absolute Gasteiger partial charge is 0.407 e. The molecule has 1 atom stereocenters. The zero-order valence-corrected chi connectivity index (χ0v) is 21.0. The van der Waals surface area contributed by atoms with Gasteiger partial charge in [-0.2, -0.15) is 0 Å². The van der Waals surface area contributed by atoms with E-state index in [4.69, 9.17) is 9.47 Å². The fourth-order valence-corrected chi connectivity index (χ4v) is 5.65. The van der Waals surface area contributed by atoms with E-state index in [1.807, 2.05) is 45.1 Å². The van der Waals surface area contributed by atoms with Crippen LogP contribution in [0.2, 0.25) is 0 Å². The molecule has 6 heteroatoms. The lowest BCUT2D eigenvalue weighted by Gasteiger charge is -2.45. The molecule has 3 aliphatic heterocycles. The Morgan fingerprint density at radius 2 is 1.88 bits per heavy atom. The number of benzene rings is 1. The van der Waals surface area contributed by atoms with Gasteiger partial charge in [-0.15, -0.1) is 0 Å². The number of piperidine rings is 3. The number of nitrogens with one attached hydrogen (secondary N) is 1. The Morgan fingerprint density at radius 3 is 2.53 bits per heavy atom. The van der Waals surface area contributed by atoms with E-state index in [0.717, 1.165) is 69.3 Å². The van der Waals surface area contributed by atoms with E-state index >= 15 is 0 Å². The lowest BCUT2D eigenvalue weighted by atomic mass is 9.69. The van der Waals surface area contributed by atoms with Crippen molar-refractivity contribution in [2.24, 2.45) is 5.92 Å². The molecule has 1 N–H and O–H groups in total. The number of fused-ring (bicyclic) bond motifs is 3. The summed E-state index contributed by atoms with van der Waals surface area (Å²) in [5.41, 5.74) is 1.01. The van der Waals surface area contributed by atoms with Crippen molar-refractivity contribution in [3.05, 3.63) is 41.5 Å². The Balaban J connectivity index is 1.44. The molecule has 1 aliphatic carbocycles. The summed E-state index contributed by atoms with van der Waals surface area (Å²) in [6.07, 6.45) is 10.7. The van der Waals surface area contributed by atoms with Gasteiger partial charge >= 0.3 is 12.1 Å². The number of esters is 1. The Hall–Kier alpha value is -2.34. The first-order valence-corrected chi connectivity index (χ1v) is 12.9. The molecular weight excluding hydrogens is 428 g/mol. The maximum Gasteiger partial charge on any atom is 0.407 e. The van der Waals surface area contributed by atoms with Crippen LogP contribution in [0.25, 0.3) is 6.08 Å². The van der Waals surface area contributed by atoms with Crippen LogP contribution in [0, 0.1) is 5.92 Å². The van der Waals surface area contributed by atoms with E-state index in [1.54, 1.807) is 0 Å². The maximum absolute atomic E-state index is 13.7. The molecule has 1 unspecified atom stereocenters. The Bertz CT molecular complexity index is 890. The van der Waals surface area contributed by atoms with Gasteiger partial charge in [-0.05, 0) is 76.6 Å². The summed E-state index contributed by atoms with van der Waals surface area (Å²) in [6, 6.07) is 8.25. The van der Waals surface area contributed by atoms with Crippen LogP contribution in [0.3, 0.4) is 0 Å². The average Bonchev–Trinajstić information content (AvgIpc) is 2.82. The van der Waals surface area contributed by atoms with Crippen LogP contribution >= 0.6 is 0 Å². The van der Waals surface area contributed by atoms with Crippen molar-refractivity contribution >= 4 is 18.1 Å². The van der Waals surface area contributed by atoms with Crippen LogP contribution in [0.1, 0.15) is 76.8 Å². The Labute approximate surface area is 204 Å². The van der Waals surface area contributed by atoms with Crippen LogP contribution < -0.4 is 5.32 Å². The van der Waals surface area contributed by atoms with Gasteiger partial charge in [0.05, 0.1) is 5.41 Å². The summed E-state index contributed by atoms with van der Waals surface area (Å²) in [7, 11) is 0. The van der Waals surface area contributed by atoms with Crippen LogP contribution in [-0.4, -0.2) is 54.8 Å². The molecule has 1 amide bonds. The Morgan fingerprint density at radius 1 is 1.15 bits per heavy atom. The van der Waals surface area contributed by atoms with Crippen molar-refractivity contribution in [1.29, 1.82) is 0 Å². The molecule has 1 saturated carbocycles. The molecule has 4 fully saturated rings. The molecule has 4 aliphatic rings. The highest BCUT2D eigenvalue weighted by Crippen LogP contribution is 2.42. The van der Waals surface area contributed by atoms with Gasteiger partial charge in [-0.3, -0.25) is 9.69 Å². The third-order valence-corrected chi connectivity index (χ3v) is 7.47. The van der Waals surface area contributed by atoms with Gasteiger partial charge < -0.3 is 14.8 Å². The van der Waals surface area contributed by atoms with Crippen molar-refractivity contribution in [1.82, 2.24) is 10.2 Å². The predicted molar refractivity (Wildman–Crippen MR) is 134 cm³/mol. The molecule has 0 aromatic heterocycles. The second kappa shape index (κ2) is 10.5. The molecule has 34 heavy (non-hydrogen) atoms. The molecule has 6 nitrogen and oxygen atoms in total. The highest BCUT2D eigenvalue weighted by molar-refractivity contribution is 5.84. The van der Waals surface area contributed by atoms with Gasteiger partial charge in [0.15, 0.2) is 0 Å². The third kappa shape index (κ3) is 6.01. The lowest BCUT2D eigenvalue weighted by Crippen LogP contribution is -2.53. The van der Waals surface area contributed by atoms with Gasteiger partial charge in [-0.1, -0.05) is 55.7 Å². The van der Waals surface area contributed by atoms with Gasteiger partial charge in [0.2, 0.25) is 0 Å². The van der Waals surface area contributed by atoms with Crippen molar-refractivity contribution in [3.8, 4) is 0 Å². The average molecular weight is 469 g/mol. The SMILES string of the molecule is CC(C)(C)OC(=O)NC/C=C/c1cccc(C2(C(=O)OC3CN4CCC3CC4)CCCCC2)c1. The minimum Gasteiger partial charge on any atom is -0.460 e. The summed E-state index contributed by atoms with van der Waals surface area (Å²) < 4.78 is 11.5. The van der Waals surface area contributed by atoms with Crippen molar-refractivity contribution in [3.63, 3.8) is 0 Å². The molecule has 0 spiro atoms. The number of carbonyl (C=O) groups excluding carboxylic acids is 2. The zero-order valence-electron chi connectivity index (χ0n) is 21.0. The minimum absolute atomic E-state index is 0.0290. The summed E-state index contributed by atoms with van der Waals surface area (Å²) in [6.45, 7) is 9.08. The summed E-state index contributed by atoms with van der Waals surface area (Å²) in [5.74, 6) is 0.486. The van der Waals surface area contributed by atoms with Gasteiger partial charge in [0, 0.05) is 13.1 Å². The number of hydrogen-bond donors (Lipinski definition) is 1. The lowest BCUT2D eigenvalue weighted by molar-refractivity contribution is -0.167. The normalized spacial score (nSPS) is 26.3. The van der Waals surface area contributed by atoms with Gasteiger partial charge in [-0.25, -0.2) is 4.79 Å². The van der Waals surface area contributed by atoms with Crippen molar-refractivity contribution in [2.75, 3.05) is 26.2 Å². The van der Waals surface area contributed by atoms with Crippen LogP contribution in [0.15, 0.2) is 30.3 Å². The van der Waals surface area contributed by atoms with Crippen LogP contribution in [0.5, 0.6) is 0 Å². The molecule has 1 aromatic rings. The standard InChI is InChI=1S/C28H40N2O4/c1-27(2,3)34-26(32)29-16-8-10-21-9-7-11-23(19-21)28(14-5-4-6-15-28)25(31)33-24-20-30-17-12-22(24)13-18-30/h7-11,19,22,24H,4-6,12-18,20H2,1-3H3,(H,29,32)/b10-8+. The van der Waals surface area contributed by atoms with E-state index in [-0.39, 0.29) is 12.1 Å². The number of rotatable bonds is 6. The van der Waals surface area contributed by atoms with Crippen molar-refractivity contribution < 1.29 is 19.1 Å². The molecule has 186 valence electrons. The van der Waals surface area contributed by atoms with Crippen molar-refractivity contribution in [2.45, 2.75) is 82.8 Å². The van der Waals surface area contributed by atoms with E-state index in [2.05, 4.69) is 22.3 Å². The first-order chi connectivity index (χ1) is 16.2. The predicted octanol–water partition coefficient (Wildman–Crippen LogP) is 5.06. The summed E-state index contributed by atoms with van der Waals surface area (Å²) in [4.78, 5) is 28.0. The summed E-state index contributed by atoms with van der Waals surface area (Å²) >= 11 is 0. The fourth-order valence-electron chi connectivity index (χ4n) is 5.65. The quantitative estimate of drug-likeness (QED) is 0.591. The third-order valence-electron chi connectivity index (χ3n) is 7.47. The fraction of sp³-hybridized carbons (Fsp3) is 0.643. The molecular formula is C28H40N2O4. The molecule has 0 radical (unpaired) electrons. The van der Waals surface area contributed by atoms with Gasteiger partial charge in [0.1, 0.15) is 11.7 Å². The molecule has 5 rings (SSSR count). The van der Waals surface area contributed by atoms with E-state index in [0.29, 0.717) is 12.5 Å². The number of hydrogen-bond acceptors (Lipinski definition) is 5. The second-order valence-corrected chi connectivity index (χ2v) is 11.1. The van der Waals surface area contributed by atoms with E-state index < -0.39 is 17.1 Å². The Kier molecular flexibility index (Phi) is 7.66. The number of nitrogens with zero attached hydrogens (tertiary/aromatic N) is 1. The number of amides is 1. The monoisotopic (exact) mass is 468 g/mol. The highest BCUT2D eigenvalue weighted by atomic mass is 16.6. The molecule has 1 aromatic carbocycles. The topological polar surface area (TPSA) is 67.9 Å². The summed E-state index contributed by atoms with van der Waals surface area (Å²) in [5, 5.41) is 2.75. The highest BCUT2D eigenvalue weighted by Gasteiger charge is 2.45. The zero-order chi connectivity index (χ0) is 24.2. The number of ether oxygens (including phenoxy) is 2. The second-order valence-electron chi connectivity index (χ2n) is 11.1. The molecule has 2 bridgehead atoms. The van der Waals surface area contributed by atoms with E-state index in [1.165, 1.54) is 6.42 Å². The largest absolute Gasteiger partial charge is 0.460 e. The van der Waals surface area contributed by atoms with E-state index in [9.17, 15) is 9.59 Å². The number of alkyl carbamates (subject to hydrolysis) is 1. The maximum atomic E-state index is 13.7. The van der Waals surface area contributed by atoms with Crippen LogP contribution in [-0.2, 0) is 19.7 Å².